The van der Waals surface area contributed by atoms with Crippen LogP contribution < -0.4 is 5.32 Å². The lowest BCUT2D eigenvalue weighted by atomic mass is 10.0. The quantitative estimate of drug-likeness (QED) is 0.674. The topological polar surface area (TPSA) is 32.3 Å². The van der Waals surface area contributed by atoms with Crippen molar-refractivity contribution in [3.05, 3.63) is 29.8 Å². The highest BCUT2D eigenvalue weighted by Gasteiger charge is 2.21. The second-order valence-electron chi connectivity index (χ2n) is 5.97. The molecule has 0 spiro atoms. The van der Waals surface area contributed by atoms with Crippen LogP contribution in [0.1, 0.15) is 52.0 Å². The van der Waals surface area contributed by atoms with Crippen LogP contribution in [0.3, 0.4) is 0 Å². The highest BCUT2D eigenvalue weighted by atomic mass is 32.2. The summed E-state index contributed by atoms with van der Waals surface area (Å²) in [4.78, 5) is 1.31. The maximum Gasteiger partial charge on any atom is 0.0610 e. The number of aliphatic hydroxyl groups is 1. The number of thioether (sulfide) groups is 1. The largest absolute Gasteiger partial charge is 0.394 e. The van der Waals surface area contributed by atoms with E-state index in [0.29, 0.717) is 5.92 Å². The number of hydrogen-bond acceptors (Lipinski definition) is 3. The van der Waals surface area contributed by atoms with E-state index >= 15 is 0 Å². The molecule has 1 rings (SSSR count). The molecule has 0 saturated carbocycles. The molecule has 0 heterocycles. The van der Waals surface area contributed by atoms with Crippen molar-refractivity contribution in [3.63, 3.8) is 0 Å². The van der Waals surface area contributed by atoms with Crippen LogP contribution in [0.15, 0.2) is 29.2 Å². The first kappa shape index (κ1) is 17.5. The molecule has 3 heteroatoms. The minimum absolute atomic E-state index is 0.152. The SMILES string of the molecule is CCCNC(C)(CO)CCSc1ccc(C(C)C)cc1. The molecular formula is C17H29NOS. The van der Waals surface area contributed by atoms with E-state index in [1.807, 2.05) is 11.8 Å². The summed E-state index contributed by atoms with van der Waals surface area (Å²) in [6.07, 6.45) is 2.07. The number of hydrogen-bond donors (Lipinski definition) is 2. The molecule has 0 aromatic heterocycles. The Kier molecular flexibility index (Phi) is 7.63. The van der Waals surface area contributed by atoms with Crippen molar-refractivity contribution in [2.45, 2.75) is 56.9 Å². The lowest BCUT2D eigenvalue weighted by Gasteiger charge is -2.28. The first-order valence-electron chi connectivity index (χ1n) is 7.59. The van der Waals surface area contributed by atoms with Crippen LogP contribution in [-0.2, 0) is 0 Å². The molecule has 20 heavy (non-hydrogen) atoms. The van der Waals surface area contributed by atoms with Crippen LogP contribution in [0.4, 0.5) is 0 Å². The van der Waals surface area contributed by atoms with Gasteiger partial charge in [0.25, 0.3) is 0 Å². The van der Waals surface area contributed by atoms with Crippen LogP contribution in [0.2, 0.25) is 0 Å². The normalized spacial score (nSPS) is 14.5. The van der Waals surface area contributed by atoms with E-state index in [1.165, 1.54) is 10.5 Å². The Hall–Kier alpha value is -0.510. The summed E-state index contributed by atoms with van der Waals surface area (Å²) in [5, 5.41) is 13.0. The predicted molar refractivity (Wildman–Crippen MR) is 89.7 cm³/mol. The Bertz CT molecular complexity index is 377. The van der Waals surface area contributed by atoms with Crippen LogP contribution in [0.25, 0.3) is 0 Å². The van der Waals surface area contributed by atoms with Gasteiger partial charge in [-0.05, 0) is 55.7 Å². The van der Waals surface area contributed by atoms with Gasteiger partial charge in [0, 0.05) is 10.4 Å². The standard InChI is InChI=1S/C17H29NOS/c1-5-11-18-17(4,13-19)10-12-20-16-8-6-15(7-9-16)14(2)3/h6-9,14,18-19H,5,10-13H2,1-4H3. The van der Waals surface area contributed by atoms with Gasteiger partial charge in [0.05, 0.1) is 6.61 Å². The summed E-state index contributed by atoms with van der Waals surface area (Å²) in [6.45, 7) is 9.84. The number of rotatable bonds is 9. The van der Waals surface area contributed by atoms with Gasteiger partial charge in [-0.2, -0.15) is 0 Å². The fourth-order valence-corrected chi connectivity index (χ4v) is 3.11. The van der Waals surface area contributed by atoms with E-state index in [2.05, 4.69) is 57.3 Å². The summed E-state index contributed by atoms with van der Waals surface area (Å²) in [5.41, 5.74) is 1.24. The van der Waals surface area contributed by atoms with Crippen molar-refractivity contribution in [3.8, 4) is 0 Å². The molecule has 0 aliphatic rings. The summed E-state index contributed by atoms with van der Waals surface area (Å²) < 4.78 is 0. The Morgan fingerprint density at radius 2 is 1.90 bits per heavy atom. The molecule has 1 aromatic carbocycles. The van der Waals surface area contributed by atoms with Crippen molar-refractivity contribution in [2.75, 3.05) is 18.9 Å². The maximum absolute atomic E-state index is 9.53. The molecule has 0 saturated heterocycles. The van der Waals surface area contributed by atoms with Crippen molar-refractivity contribution >= 4 is 11.8 Å². The average molecular weight is 295 g/mol. The van der Waals surface area contributed by atoms with Gasteiger partial charge in [0.15, 0.2) is 0 Å². The van der Waals surface area contributed by atoms with Crippen molar-refractivity contribution in [1.29, 1.82) is 0 Å². The van der Waals surface area contributed by atoms with E-state index in [4.69, 9.17) is 0 Å². The smallest absolute Gasteiger partial charge is 0.0610 e. The molecule has 2 nitrogen and oxygen atoms in total. The Morgan fingerprint density at radius 1 is 1.25 bits per heavy atom. The van der Waals surface area contributed by atoms with Gasteiger partial charge in [-0.3, -0.25) is 0 Å². The molecule has 2 N–H and O–H groups in total. The maximum atomic E-state index is 9.53. The molecule has 0 aliphatic carbocycles. The number of nitrogens with one attached hydrogen (secondary N) is 1. The van der Waals surface area contributed by atoms with E-state index in [-0.39, 0.29) is 12.1 Å². The van der Waals surface area contributed by atoms with Gasteiger partial charge in [-0.1, -0.05) is 32.9 Å². The monoisotopic (exact) mass is 295 g/mol. The minimum atomic E-state index is -0.152. The zero-order valence-corrected chi connectivity index (χ0v) is 14.1. The van der Waals surface area contributed by atoms with Gasteiger partial charge in [0.2, 0.25) is 0 Å². The van der Waals surface area contributed by atoms with E-state index in [9.17, 15) is 5.11 Å². The molecule has 0 amide bonds. The van der Waals surface area contributed by atoms with Gasteiger partial charge in [-0.25, -0.2) is 0 Å². The molecule has 114 valence electrons. The first-order valence-corrected chi connectivity index (χ1v) is 8.58. The van der Waals surface area contributed by atoms with Crippen LogP contribution >= 0.6 is 11.8 Å². The zero-order chi connectivity index (χ0) is 15.0. The third-order valence-electron chi connectivity index (χ3n) is 3.62. The molecule has 0 fully saturated rings. The molecule has 0 bridgehead atoms. The van der Waals surface area contributed by atoms with E-state index in [0.717, 1.165) is 25.1 Å². The van der Waals surface area contributed by atoms with E-state index in [1.54, 1.807) is 0 Å². The minimum Gasteiger partial charge on any atom is -0.394 e. The van der Waals surface area contributed by atoms with Gasteiger partial charge < -0.3 is 10.4 Å². The Balaban J connectivity index is 2.42. The molecule has 1 unspecified atom stereocenters. The van der Waals surface area contributed by atoms with Crippen LogP contribution in [-0.4, -0.2) is 29.5 Å². The van der Waals surface area contributed by atoms with Crippen molar-refractivity contribution in [1.82, 2.24) is 5.32 Å². The zero-order valence-electron chi connectivity index (χ0n) is 13.3. The predicted octanol–water partition coefficient (Wildman–Crippen LogP) is 4.04. The third-order valence-corrected chi connectivity index (χ3v) is 4.63. The first-order chi connectivity index (χ1) is 9.50. The fraction of sp³-hybridized carbons (Fsp3) is 0.647. The summed E-state index contributed by atoms with van der Waals surface area (Å²) in [6, 6.07) is 8.84. The van der Waals surface area contributed by atoms with Crippen molar-refractivity contribution < 1.29 is 5.11 Å². The molecule has 1 atom stereocenters. The van der Waals surface area contributed by atoms with Crippen LogP contribution in [0, 0.1) is 0 Å². The lowest BCUT2D eigenvalue weighted by Crippen LogP contribution is -2.46. The van der Waals surface area contributed by atoms with E-state index < -0.39 is 0 Å². The molecule has 0 aliphatic heterocycles. The van der Waals surface area contributed by atoms with Crippen molar-refractivity contribution in [2.24, 2.45) is 0 Å². The van der Waals surface area contributed by atoms with Gasteiger partial charge >= 0.3 is 0 Å². The molecule has 0 radical (unpaired) electrons. The number of benzene rings is 1. The van der Waals surface area contributed by atoms with Gasteiger partial charge in [0.1, 0.15) is 0 Å². The summed E-state index contributed by atoms with van der Waals surface area (Å²) in [7, 11) is 0. The van der Waals surface area contributed by atoms with Gasteiger partial charge in [-0.15, -0.1) is 11.8 Å². The highest BCUT2D eigenvalue weighted by Crippen LogP contribution is 2.24. The second kappa shape index (κ2) is 8.71. The lowest BCUT2D eigenvalue weighted by molar-refractivity contribution is 0.171. The highest BCUT2D eigenvalue weighted by molar-refractivity contribution is 7.99. The Morgan fingerprint density at radius 3 is 2.40 bits per heavy atom. The Labute approximate surface area is 128 Å². The third kappa shape index (κ3) is 5.86. The van der Waals surface area contributed by atoms with Crippen LogP contribution in [0.5, 0.6) is 0 Å². The summed E-state index contributed by atoms with van der Waals surface area (Å²) >= 11 is 1.87. The second-order valence-corrected chi connectivity index (χ2v) is 7.14. The average Bonchev–Trinajstić information content (AvgIpc) is 2.45. The number of aliphatic hydroxyl groups excluding tert-OH is 1. The fourth-order valence-electron chi connectivity index (χ4n) is 1.99. The molecular weight excluding hydrogens is 266 g/mol. The molecule has 1 aromatic rings. The summed E-state index contributed by atoms with van der Waals surface area (Å²) in [5.74, 6) is 1.61.